The van der Waals surface area contributed by atoms with E-state index in [4.69, 9.17) is 14.9 Å². The van der Waals surface area contributed by atoms with Gasteiger partial charge in [0.1, 0.15) is 18.1 Å². The van der Waals surface area contributed by atoms with Crippen molar-refractivity contribution in [1.29, 1.82) is 0 Å². The first-order valence-corrected chi connectivity index (χ1v) is 5.05. The molecule has 1 aromatic heterocycles. The first-order valence-electron chi connectivity index (χ1n) is 5.05. The van der Waals surface area contributed by atoms with Crippen LogP contribution >= 0.6 is 0 Å². The van der Waals surface area contributed by atoms with E-state index in [2.05, 4.69) is 0 Å². The first-order chi connectivity index (χ1) is 8.20. The Morgan fingerprint density at radius 1 is 1.12 bits per heavy atom. The minimum atomic E-state index is -1.00. The van der Waals surface area contributed by atoms with E-state index in [1.165, 1.54) is 12.1 Å². The van der Waals surface area contributed by atoms with Crippen LogP contribution in [0.15, 0.2) is 34.7 Å². The van der Waals surface area contributed by atoms with Crippen molar-refractivity contribution in [1.82, 2.24) is 0 Å². The summed E-state index contributed by atoms with van der Waals surface area (Å²) in [7, 11) is 0. The fraction of sp³-hybridized carbons (Fsp3) is 0.167. The molecule has 2 aromatic rings. The summed E-state index contributed by atoms with van der Waals surface area (Å²) >= 11 is 0. The number of hydrogen-bond donors (Lipinski definition) is 1. The number of nitrogens with two attached hydrogens (primary N) is 1. The minimum absolute atomic E-state index is 0.0281. The summed E-state index contributed by atoms with van der Waals surface area (Å²) in [4.78, 5) is 0. The molecule has 0 spiro atoms. The highest BCUT2D eigenvalue weighted by Crippen LogP contribution is 2.20. The van der Waals surface area contributed by atoms with Crippen LogP contribution in [0, 0.1) is 11.6 Å². The van der Waals surface area contributed by atoms with Crippen LogP contribution in [0.3, 0.4) is 0 Å². The normalized spacial score (nSPS) is 10.5. The smallest absolute Gasteiger partial charge is 0.200 e. The van der Waals surface area contributed by atoms with Crippen LogP contribution in [0.2, 0.25) is 0 Å². The molecule has 0 saturated heterocycles. The van der Waals surface area contributed by atoms with Gasteiger partial charge in [-0.05, 0) is 24.3 Å². The molecule has 0 amide bonds. The van der Waals surface area contributed by atoms with Gasteiger partial charge in [-0.2, -0.15) is 4.39 Å². The summed E-state index contributed by atoms with van der Waals surface area (Å²) in [5.74, 6) is -0.962. The van der Waals surface area contributed by atoms with E-state index in [1.54, 1.807) is 12.1 Å². The van der Waals surface area contributed by atoms with Crippen LogP contribution in [0.1, 0.15) is 11.5 Å². The van der Waals surface area contributed by atoms with E-state index in [-0.39, 0.29) is 18.9 Å². The van der Waals surface area contributed by atoms with E-state index >= 15 is 0 Å². The van der Waals surface area contributed by atoms with Crippen LogP contribution in [-0.2, 0) is 13.2 Å². The highest BCUT2D eigenvalue weighted by Gasteiger charge is 2.09. The molecule has 0 aliphatic carbocycles. The zero-order valence-corrected chi connectivity index (χ0v) is 8.95. The van der Waals surface area contributed by atoms with E-state index in [9.17, 15) is 8.78 Å². The van der Waals surface area contributed by atoms with Gasteiger partial charge in [0, 0.05) is 0 Å². The molecule has 0 aliphatic heterocycles. The Hall–Kier alpha value is -1.88. The summed E-state index contributed by atoms with van der Waals surface area (Å²) in [6.45, 7) is 0.314. The molecule has 0 radical (unpaired) electrons. The molecule has 2 rings (SSSR count). The Labute approximate surface area is 96.8 Å². The second kappa shape index (κ2) is 4.97. The molecule has 2 N–H and O–H groups in total. The van der Waals surface area contributed by atoms with Crippen molar-refractivity contribution in [2.75, 3.05) is 0 Å². The predicted octanol–water partition coefficient (Wildman–Crippen LogP) is 2.60. The van der Waals surface area contributed by atoms with Gasteiger partial charge >= 0.3 is 0 Å². The van der Waals surface area contributed by atoms with Gasteiger partial charge in [0.2, 0.25) is 5.82 Å². The van der Waals surface area contributed by atoms with Gasteiger partial charge in [0.05, 0.1) is 6.54 Å². The van der Waals surface area contributed by atoms with Gasteiger partial charge in [-0.25, -0.2) is 4.39 Å². The Bertz CT molecular complexity index is 511. The molecular weight excluding hydrogens is 228 g/mol. The summed E-state index contributed by atoms with van der Waals surface area (Å²) in [5, 5.41) is 0. The molecule has 0 bridgehead atoms. The van der Waals surface area contributed by atoms with Crippen LogP contribution in [0.25, 0.3) is 0 Å². The van der Waals surface area contributed by atoms with Crippen molar-refractivity contribution in [3.05, 3.63) is 53.5 Å². The third kappa shape index (κ3) is 2.62. The Morgan fingerprint density at radius 2 is 1.88 bits per heavy atom. The van der Waals surface area contributed by atoms with E-state index < -0.39 is 11.6 Å². The van der Waals surface area contributed by atoms with Gasteiger partial charge in [0.25, 0.3) is 0 Å². The lowest BCUT2D eigenvalue weighted by atomic mass is 10.3. The number of ether oxygens (including phenoxy) is 1. The minimum Gasteiger partial charge on any atom is -0.482 e. The number of hydrogen-bond acceptors (Lipinski definition) is 3. The quantitative estimate of drug-likeness (QED) is 0.892. The largest absolute Gasteiger partial charge is 0.482 e. The number of furan rings is 1. The highest BCUT2D eigenvalue weighted by molar-refractivity contribution is 5.25. The third-order valence-electron chi connectivity index (χ3n) is 2.20. The van der Waals surface area contributed by atoms with Gasteiger partial charge in [-0.1, -0.05) is 6.07 Å². The summed E-state index contributed by atoms with van der Waals surface area (Å²) < 4.78 is 36.5. The lowest BCUT2D eigenvalue weighted by molar-refractivity contribution is 0.251. The molecule has 90 valence electrons. The summed E-state index contributed by atoms with van der Waals surface area (Å²) in [6, 6.07) is 7.15. The van der Waals surface area contributed by atoms with Crippen molar-refractivity contribution >= 4 is 0 Å². The molecule has 0 atom stereocenters. The first kappa shape index (κ1) is 11.6. The van der Waals surface area contributed by atoms with Crippen molar-refractivity contribution in [2.24, 2.45) is 5.73 Å². The van der Waals surface area contributed by atoms with E-state index in [1.807, 2.05) is 0 Å². The van der Waals surface area contributed by atoms with Crippen LogP contribution in [0.5, 0.6) is 5.75 Å². The van der Waals surface area contributed by atoms with Gasteiger partial charge < -0.3 is 14.9 Å². The van der Waals surface area contributed by atoms with Gasteiger partial charge in [0.15, 0.2) is 11.6 Å². The SMILES string of the molecule is NCc1ccc(COc2cccc(F)c2F)o1. The van der Waals surface area contributed by atoms with E-state index in [0.29, 0.717) is 11.5 Å². The topological polar surface area (TPSA) is 48.4 Å². The Balaban J connectivity index is 2.04. The molecule has 0 aliphatic rings. The van der Waals surface area contributed by atoms with Gasteiger partial charge in [-0.15, -0.1) is 0 Å². The zero-order chi connectivity index (χ0) is 12.3. The second-order valence-electron chi connectivity index (χ2n) is 3.41. The maximum absolute atomic E-state index is 13.2. The third-order valence-corrected chi connectivity index (χ3v) is 2.20. The average molecular weight is 239 g/mol. The molecule has 5 heteroatoms. The maximum Gasteiger partial charge on any atom is 0.200 e. The van der Waals surface area contributed by atoms with Crippen molar-refractivity contribution < 1.29 is 17.9 Å². The molecule has 0 saturated carbocycles. The summed E-state index contributed by atoms with van der Waals surface area (Å²) in [6.07, 6.45) is 0. The summed E-state index contributed by atoms with van der Waals surface area (Å²) in [5.41, 5.74) is 5.37. The van der Waals surface area contributed by atoms with Crippen LogP contribution in [-0.4, -0.2) is 0 Å². The number of rotatable bonds is 4. The molecule has 1 heterocycles. The number of halogens is 2. The van der Waals surface area contributed by atoms with Crippen molar-refractivity contribution in [3.8, 4) is 5.75 Å². The molecule has 1 aromatic carbocycles. The Kier molecular flexibility index (Phi) is 3.39. The predicted molar refractivity (Wildman–Crippen MR) is 57.3 cm³/mol. The monoisotopic (exact) mass is 239 g/mol. The molecule has 0 fully saturated rings. The fourth-order valence-electron chi connectivity index (χ4n) is 1.35. The fourth-order valence-corrected chi connectivity index (χ4v) is 1.35. The van der Waals surface area contributed by atoms with Crippen molar-refractivity contribution in [2.45, 2.75) is 13.2 Å². The standard InChI is InChI=1S/C12H11F2NO2/c13-10-2-1-3-11(12(10)14)16-7-9-5-4-8(6-15)17-9/h1-5H,6-7,15H2. The molecule has 17 heavy (non-hydrogen) atoms. The molecule has 0 unspecified atom stereocenters. The highest BCUT2D eigenvalue weighted by atomic mass is 19.2. The second-order valence-corrected chi connectivity index (χ2v) is 3.41. The van der Waals surface area contributed by atoms with Crippen LogP contribution in [0.4, 0.5) is 8.78 Å². The van der Waals surface area contributed by atoms with Gasteiger partial charge in [-0.3, -0.25) is 0 Å². The number of benzene rings is 1. The maximum atomic E-state index is 13.2. The molecular formula is C12H11F2NO2. The molecule has 3 nitrogen and oxygen atoms in total. The lowest BCUT2D eigenvalue weighted by Crippen LogP contribution is -1.98. The lowest BCUT2D eigenvalue weighted by Gasteiger charge is -2.05. The van der Waals surface area contributed by atoms with E-state index in [0.717, 1.165) is 6.07 Å². The average Bonchev–Trinajstić information content (AvgIpc) is 2.79. The Morgan fingerprint density at radius 3 is 2.59 bits per heavy atom. The van der Waals surface area contributed by atoms with Crippen LogP contribution < -0.4 is 10.5 Å². The van der Waals surface area contributed by atoms with Crippen molar-refractivity contribution in [3.63, 3.8) is 0 Å². The zero-order valence-electron chi connectivity index (χ0n) is 8.95.